The SMILES string of the molecule is NC(Cc1ccc(Br)s1)c1ccc(F)cc1. The fraction of sp³-hybridized carbons (Fsp3) is 0.167. The predicted molar refractivity (Wildman–Crippen MR) is 69.1 cm³/mol. The smallest absolute Gasteiger partial charge is 0.123 e. The van der Waals surface area contributed by atoms with Gasteiger partial charge in [0.15, 0.2) is 0 Å². The first-order valence-electron chi connectivity index (χ1n) is 4.90. The first kappa shape index (κ1) is 11.8. The van der Waals surface area contributed by atoms with E-state index < -0.39 is 0 Å². The molecule has 0 fully saturated rings. The van der Waals surface area contributed by atoms with E-state index in [9.17, 15) is 4.39 Å². The van der Waals surface area contributed by atoms with E-state index in [4.69, 9.17) is 5.73 Å². The third-order valence-electron chi connectivity index (χ3n) is 2.35. The summed E-state index contributed by atoms with van der Waals surface area (Å²) in [5.41, 5.74) is 7.02. The second kappa shape index (κ2) is 5.08. The number of hydrogen-bond acceptors (Lipinski definition) is 2. The molecular formula is C12H11BrFNS. The van der Waals surface area contributed by atoms with E-state index >= 15 is 0 Å². The van der Waals surface area contributed by atoms with Crippen LogP contribution < -0.4 is 5.73 Å². The molecule has 1 unspecified atom stereocenters. The molecule has 0 aliphatic rings. The summed E-state index contributed by atoms with van der Waals surface area (Å²) in [6, 6.07) is 10.4. The largest absolute Gasteiger partial charge is 0.324 e. The maximum Gasteiger partial charge on any atom is 0.123 e. The molecule has 0 saturated carbocycles. The van der Waals surface area contributed by atoms with E-state index in [1.54, 1.807) is 23.5 Å². The Hall–Kier alpha value is -0.710. The Labute approximate surface area is 106 Å². The normalized spacial score (nSPS) is 12.7. The van der Waals surface area contributed by atoms with Gasteiger partial charge in [0, 0.05) is 17.3 Å². The summed E-state index contributed by atoms with van der Waals surface area (Å²) in [7, 11) is 0. The average Bonchev–Trinajstić information content (AvgIpc) is 2.65. The molecule has 1 aromatic carbocycles. The van der Waals surface area contributed by atoms with E-state index in [0.717, 1.165) is 15.8 Å². The Balaban J connectivity index is 2.08. The number of rotatable bonds is 3. The van der Waals surface area contributed by atoms with Gasteiger partial charge in [-0.3, -0.25) is 0 Å². The lowest BCUT2D eigenvalue weighted by Gasteiger charge is -2.10. The lowest BCUT2D eigenvalue weighted by molar-refractivity contribution is 0.624. The predicted octanol–water partition coefficient (Wildman–Crippen LogP) is 3.89. The molecule has 0 radical (unpaired) electrons. The quantitative estimate of drug-likeness (QED) is 0.914. The zero-order valence-electron chi connectivity index (χ0n) is 8.49. The van der Waals surface area contributed by atoms with Crippen LogP contribution in [0.4, 0.5) is 4.39 Å². The van der Waals surface area contributed by atoms with Gasteiger partial charge in [-0.25, -0.2) is 4.39 Å². The standard InChI is InChI=1S/C12H11BrFNS/c13-12-6-5-10(16-12)7-11(15)8-1-3-9(14)4-2-8/h1-6,11H,7,15H2. The van der Waals surface area contributed by atoms with Crippen LogP contribution in [0.3, 0.4) is 0 Å². The van der Waals surface area contributed by atoms with Crippen molar-refractivity contribution in [1.82, 2.24) is 0 Å². The van der Waals surface area contributed by atoms with Gasteiger partial charge in [0.25, 0.3) is 0 Å². The summed E-state index contributed by atoms with van der Waals surface area (Å²) in [6.45, 7) is 0. The molecule has 4 heteroatoms. The van der Waals surface area contributed by atoms with Crippen LogP contribution in [0.15, 0.2) is 40.2 Å². The van der Waals surface area contributed by atoms with Crippen molar-refractivity contribution in [2.45, 2.75) is 12.5 Å². The van der Waals surface area contributed by atoms with Crippen LogP contribution in [-0.2, 0) is 6.42 Å². The third kappa shape index (κ3) is 2.90. The fourth-order valence-electron chi connectivity index (χ4n) is 1.51. The van der Waals surface area contributed by atoms with E-state index in [1.807, 2.05) is 6.07 Å². The molecule has 16 heavy (non-hydrogen) atoms. The van der Waals surface area contributed by atoms with E-state index in [2.05, 4.69) is 22.0 Å². The highest BCUT2D eigenvalue weighted by Gasteiger charge is 2.08. The van der Waals surface area contributed by atoms with Gasteiger partial charge in [0.2, 0.25) is 0 Å². The fourth-order valence-corrected chi connectivity index (χ4v) is 3.05. The molecule has 0 spiro atoms. The van der Waals surface area contributed by atoms with Crippen molar-refractivity contribution < 1.29 is 4.39 Å². The monoisotopic (exact) mass is 299 g/mol. The van der Waals surface area contributed by atoms with E-state index in [-0.39, 0.29) is 11.9 Å². The lowest BCUT2D eigenvalue weighted by Crippen LogP contribution is -2.12. The minimum atomic E-state index is -0.227. The Morgan fingerprint density at radius 3 is 2.44 bits per heavy atom. The summed E-state index contributed by atoms with van der Waals surface area (Å²) >= 11 is 5.09. The number of hydrogen-bond donors (Lipinski definition) is 1. The molecule has 1 nitrogen and oxygen atoms in total. The Bertz CT molecular complexity index is 466. The molecule has 2 rings (SSSR count). The summed E-state index contributed by atoms with van der Waals surface area (Å²) in [6.07, 6.45) is 0.780. The third-order valence-corrected chi connectivity index (χ3v) is 3.99. The van der Waals surface area contributed by atoms with Crippen LogP contribution in [0, 0.1) is 5.82 Å². The zero-order valence-corrected chi connectivity index (χ0v) is 10.9. The maximum absolute atomic E-state index is 12.7. The molecule has 2 N–H and O–H groups in total. The molecule has 0 bridgehead atoms. The topological polar surface area (TPSA) is 26.0 Å². The van der Waals surface area contributed by atoms with Gasteiger partial charge in [0.1, 0.15) is 5.82 Å². The Kier molecular flexibility index (Phi) is 3.74. The highest BCUT2D eigenvalue weighted by atomic mass is 79.9. The van der Waals surface area contributed by atoms with Crippen LogP contribution in [0.25, 0.3) is 0 Å². The molecule has 0 saturated heterocycles. The van der Waals surface area contributed by atoms with Crippen molar-refractivity contribution in [1.29, 1.82) is 0 Å². The van der Waals surface area contributed by atoms with Gasteiger partial charge >= 0.3 is 0 Å². The van der Waals surface area contributed by atoms with Gasteiger partial charge in [-0.2, -0.15) is 0 Å². The number of benzene rings is 1. The maximum atomic E-state index is 12.7. The zero-order chi connectivity index (χ0) is 11.5. The van der Waals surface area contributed by atoms with Crippen molar-refractivity contribution in [3.8, 4) is 0 Å². The minimum Gasteiger partial charge on any atom is -0.324 e. The second-order valence-corrected chi connectivity index (χ2v) is 6.12. The molecule has 2 aromatic rings. The molecule has 1 aromatic heterocycles. The van der Waals surface area contributed by atoms with Crippen LogP contribution >= 0.6 is 27.3 Å². The van der Waals surface area contributed by atoms with Gasteiger partial charge < -0.3 is 5.73 Å². The van der Waals surface area contributed by atoms with Gasteiger partial charge in [-0.05, 0) is 45.8 Å². The van der Waals surface area contributed by atoms with Crippen LogP contribution in [0.1, 0.15) is 16.5 Å². The highest BCUT2D eigenvalue weighted by Crippen LogP contribution is 2.26. The van der Waals surface area contributed by atoms with Crippen molar-refractivity contribution in [3.63, 3.8) is 0 Å². The molecule has 1 heterocycles. The Morgan fingerprint density at radius 1 is 1.19 bits per heavy atom. The van der Waals surface area contributed by atoms with Crippen molar-refractivity contribution in [2.75, 3.05) is 0 Å². The number of halogens is 2. The molecule has 0 amide bonds. The highest BCUT2D eigenvalue weighted by molar-refractivity contribution is 9.11. The molecule has 1 atom stereocenters. The van der Waals surface area contributed by atoms with Crippen LogP contribution in [0.5, 0.6) is 0 Å². The Morgan fingerprint density at radius 2 is 1.88 bits per heavy atom. The summed E-state index contributed by atoms with van der Waals surface area (Å²) in [5, 5.41) is 0. The van der Waals surface area contributed by atoms with Crippen molar-refractivity contribution >= 4 is 27.3 Å². The van der Waals surface area contributed by atoms with E-state index in [0.29, 0.717) is 0 Å². The molecule has 0 aliphatic heterocycles. The van der Waals surface area contributed by atoms with Crippen molar-refractivity contribution in [2.24, 2.45) is 5.73 Å². The molecule has 0 aliphatic carbocycles. The summed E-state index contributed by atoms with van der Waals surface area (Å²) in [4.78, 5) is 1.23. The van der Waals surface area contributed by atoms with Crippen LogP contribution in [0.2, 0.25) is 0 Å². The number of nitrogens with two attached hydrogens (primary N) is 1. The first-order valence-corrected chi connectivity index (χ1v) is 6.51. The average molecular weight is 300 g/mol. The van der Waals surface area contributed by atoms with Gasteiger partial charge in [-0.1, -0.05) is 12.1 Å². The minimum absolute atomic E-state index is 0.0776. The summed E-state index contributed by atoms with van der Waals surface area (Å²) in [5.74, 6) is -0.227. The van der Waals surface area contributed by atoms with Gasteiger partial charge in [-0.15, -0.1) is 11.3 Å². The van der Waals surface area contributed by atoms with Crippen molar-refractivity contribution in [3.05, 3.63) is 56.4 Å². The second-order valence-electron chi connectivity index (χ2n) is 3.57. The molecule has 84 valence electrons. The summed E-state index contributed by atoms with van der Waals surface area (Å²) < 4.78 is 13.8. The van der Waals surface area contributed by atoms with E-state index in [1.165, 1.54) is 17.0 Å². The number of thiophene rings is 1. The lowest BCUT2D eigenvalue weighted by atomic mass is 10.0. The van der Waals surface area contributed by atoms with Crippen LogP contribution in [-0.4, -0.2) is 0 Å². The van der Waals surface area contributed by atoms with Gasteiger partial charge in [0.05, 0.1) is 3.79 Å². The molecular weight excluding hydrogens is 289 g/mol. The first-order chi connectivity index (χ1) is 7.65.